The molecular weight excluding hydrogens is 170 g/mol. The number of nitrogens with zero attached hydrogens (tertiary/aromatic N) is 1. The van der Waals surface area contributed by atoms with Crippen molar-refractivity contribution in [3.8, 4) is 0 Å². The smallest absolute Gasteiger partial charge is 0.217 e. The molecule has 0 aromatic carbocycles. The van der Waals surface area contributed by atoms with Gasteiger partial charge in [-0.15, -0.1) is 0 Å². The van der Waals surface area contributed by atoms with Crippen molar-refractivity contribution in [1.29, 1.82) is 0 Å². The topological polar surface area (TPSA) is 60.2 Å². The SMILES string of the molecule is C=C(C)C(=O)CCC(C)(C)[N+](=O)[O-]. The van der Waals surface area contributed by atoms with Crippen LogP contribution in [0.1, 0.15) is 33.6 Å². The number of ketones is 1. The summed E-state index contributed by atoms with van der Waals surface area (Å²) in [6, 6.07) is 0. The van der Waals surface area contributed by atoms with Gasteiger partial charge >= 0.3 is 0 Å². The van der Waals surface area contributed by atoms with Crippen LogP contribution in [0.3, 0.4) is 0 Å². The highest BCUT2D eigenvalue weighted by Crippen LogP contribution is 2.16. The maximum Gasteiger partial charge on any atom is 0.217 e. The van der Waals surface area contributed by atoms with E-state index in [0.717, 1.165) is 0 Å². The summed E-state index contributed by atoms with van der Waals surface area (Å²) in [6.07, 6.45) is 0.453. The first-order valence-corrected chi connectivity index (χ1v) is 4.10. The molecule has 0 fully saturated rings. The van der Waals surface area contributed by atoms with E-state index in [4.69, 9.17) is 0 Å². The molecule has 0 radical (unpaired) electrons. The van der Waals surface area contributed by atoms with Gasteiger partial charge in [0.1, 0.15) is 0 Å². The van der Waals surface area contributed by atoms with E-state index in [1.165, 1.54) is 13.8 Å². The predicted molar refractivity (Wildman–Crippen MR) is 50.1 cm³/mol. The number of rotatable bonds is 5. The van der Waals surface area contributed by atoms with Crippen molar-refractivity contribution in [1.82, 2.24) is 0 Å². The van der Waals surface area contributed by atoms with Gasteiger partial charge in [-0.1, -0.05) is 6.58 Å². The number of hydrogen-bond donors (Lipinski definition) is 0. The molecule has 0 aliphatic carbocycles. The maximum absolute atomic E-state index is 11.1. The summed E-state index contributed by atoms with van der Waals surface area (Å²) in [4.78, 5) is 21.2. The largest absolute Gasteiger partial charge is 0.295 e. The Morgan fingerprint density at radius 3 is 2.31 bits per heavy atom. The molecule has 0 saturated heterocycles. The van der Waals surface area contributed by atoms with Crippen molar-refractivity contribution in [3.63, 3.8) is 0 Å². The second-order valence-electron chi connectivity index (χ2n) is 3.77. The molecule has 0 aromatic heterocycles. The number of carbonyl (C=O) groups is 1. The number of nitro groups is 1. The van der Waals surface area contributed by atoms with E-state index in [0.29, 0.717) is 5.57 Å². The van der Waals surface area contributed by atoms with Crippen LogP contribution in [0.25, 0.3) is 0 Å². The Hall–Kier alpha value is -1.19. The van der Waals surface area contributed by atoms with Crippen molar-refractivity contribution in [2.75, 3.05) is 0 Å². The Kier molecular flexibility index (Phi) is 3.78. The fourth-order valence-corrected chi connectivity index (χ4v) is 0.724. The van der Waals surface area contributed by atoms with Crippen molar-refractivity contribution < 1.29 is 9.72 Å². The van der Waals surface area contributed by atoms with Crippen molar-refractivity contribution >= 4 is 5.78 Å². The molecule has 4 heteroatoms. The van der Waals surface area contributed by atoms with Gasteiger partial charge in [0.05, 0.1) is 0 Å². The zero-order valence-corrected chi connectivity index (χ0v) is 8.29. The Morgan fingerprint density at radius 1 is 1.54 bits per heavy atom. The molecule has 0 unspecified atom stereocenters. The van der Waals surface area contributed by atoms with Crippen LogP contribution in [0.5, 0.6) is 0 Å². The molecule has 74 valence electrons. The predicted octanol–water partition coefficient (Wildman–Crippen LogP) is 1.97. The average Bonchev–Trinajstić information content (AvgIpc) is 1.99. The van der Waals surface area contributed by atoms with Gasteiger partial charge in [0.15, 0.2) is 5.78 Å². The molecule has 0 rings (SSSR count). The summed E-state index contributed by atoms with van der Waals surface area (Å²) in [7, 11) is 0. The molecule has 0 bridgehead atoms. The van der Waals surface area contributed by atoms with Crippen LogP contribution in [0.15, 0.2) is 12.2 Å². The van der Waals surface area contributed by atoms with Crippen molar-refractivity contribution in [2.24, 2.45) is 0 Å². The van der Waals surface area contributed by atoms with Gasteiger partial charge in [-0.2, -0.15) is 0 Å². The Morgan fingerprint density at radius 2 is 2.00 bits per heavy atom. The van der Waals surface area contributed by atoms with Gasteiger partial charge in [0, 0.05) is 31.6 Å². The van der Waals surface area contributed by atoms with Gasteiger partial charge in [-0.05, 0) is 12.5 Å². The molecule has 0 spiro atoms. The van der Waals surface area contributed by atoms with E-state index >= 15 is 0 Å². The molecule has 0 saturated carbocycles. The third kappa shape index (κ3) is 3.83. The van der Waals surface area contributed by atoms with Crippen LogP contribution < -0.4 is 0 Å². The Balaban J connectivity index is 4.10. The number of Topliss-reactive ketones (excluding diaryl/α,β-unsaturated/α-hetero) is 1. The zero-order chi connectivity index (χ0) is 10.6. The van der Waals surface area contributed by atoms with Gasteiger partial charge in [-0.25, -0.2) is 0 Å². The molecule has 0 N–H and O–H groups in total. The molecule has 0 heterocycles. The normalized spacial score (nSPS) is 11.0. The number of hydrogen-bond acceptors (Lipinski definition) is 3. The van der Waals surface area contributed by atoms with Crippen molar-refractivity contribution in [2.45, 2.75) is 39.2 Å². The van der Waals surface area contributed by atoms with E-state index < -0.39 is 5.54 Å². The summed E-state index contributed by atoms with van der Waals surface area (Å²) < 4.78 is 0. The highest BCUT2D eigenvalue weighted by molar-refractivity contribution is 5.94. The van der Waals surface area contributed by atoms with E-state index in [1.807, 2.05) is 0 Å². The Labute approximate surface area is 77.8 Å². The van der Waals surface area contributed by atoms with Gasteiger partial charge in [-0.3, -0.25) is 14.9 Å². The first-order chi connectivity index (χ1) is 5.77. The molecule has 0 aliphatic rings. The summed E-state index contributed by atoms with van der Waals surface area (Å²) in [5, 5.41) is 10.5. The monoisotopic (exact) mass is 185 g/mol. The average molecular weight is 185 g/mol. The van der Waals surface area contributed by atoms with Gasteiger partial charge in [0.2, 0.25) is 5.54 Å². The maximum atomic E-state index is 11.1. The van der Waals surface area contributed by atoms with E-state index in [9.17, 15) is 14.9 Å². The second kappa shape index (κ2) is 4.16. The highest BCUT2D eigenvalue weighted by atomic mass is 16.6. The lowest BCUT2D eigenvalue weighted by atomic mass is 9.96. The summed E-state index contributed by atoms with van der Waals surface area (Å²) in [6.45, 7) is 8.12. The fourth-order valence-electron chi connectivity index (χ4n) is 0.724. The van der Waals surface area contributed by atoms with Crippen LogP contribution in [0.4, 0.5) is 0 Å². The van der Waals surface area contributed by atoms with E-state index in [-0.39, 0.29) is 23.5 Å². The van der Waals surface area contributed by atoms with E-state index in [1.54, 1.807) is 6.92 Å². The quantitative estimate of drug-likeness (QED) is 0.373. The zero-order valence-electron chi connectivity index (χ0n) is 8.29. The number of carbonyl (C=O) groups excluding carboxylic acids is 1. The minimum atomic E-state index is -1.02. The summed E-state index contributed by atoms with van der Waals surface area (Å²) in [5.41, 5.74) is -0.565. The van der Waals surface area contributed by atoms with Crippen LogP contribution in [-0.4, -0.2) is 16.2 Å². The van der Waals surface area contributed by atoms with Crippen LogP contribution in [0.2, 0.25) is 0 Å². The minimum absolute atomic E-state index is 0.102. The molecule has 0 aromatic rings. The first kappa shape index (κ1) is 11.8. The van der Waals surface area contributed by atoms with Gasteiger partial charge in [0.25, 0.3) is 0 Å². The van der Waals surface area contributed by atoms with Gasteiger partial charge < -0.3 is 0 Å². The lowest BCUT2D eigenvalue weighted by molar-refractivity contribution is -0.561. The lowest BCUT2D eigenvalue weighted by Crippen LogP contribution is -2.31. The molecule has 0 atom stereocenters. The van der Waals surface area contributed by atoms with Crippen molar-refractivity contribution in [3.05, 3.63) is 22.3 Å². The highest BCUT2D eigenvalue weighted by Gasteiger charge is 2.30. The molecule has 0 amide bonds. The third-order valence-electron chi connectivity index (χ3n) is 1.93. The first-order valence-electron chi connectivity index (χ1n) is 4.10. The molecular formula is C9H15NO3. The number of allylic oxidation sites excluding steroid dienone is 1. The summed E-state index contributed by atoms with van der Waals surface area (Å²) >= 11 is 0. The molecule has 0 aliphatic heterocycles. The second-order valence-corrected chi connectivity index (χ2v) is 3.77. The minimum Gasteiger partial charge on any atom is -0.295 e. The standard InChI is InChI=1S/C9H15NO3/c1-7(2)8(11)5-6-9(3,4)10(12)13/h1,5-6H2,2-4H3. The molecule has 4 nitrogen and oxygen atoms in total. The lowest BCUT2D eigenvalue weighted by Gasteiger charge is -2.14. The molecule has 13 heavy (non-hydrogen) atoms. The third-order valence-corrected chi connectivity index (χ3v) is 1.93. The van der Waals surface area contributed by atoms with E-state index in [2.05, 4.69) is 6.58 Å². The Bertz CT molecular complexity index is 243. The fraction of sp³-hybridized carbons (Fsp3) is 0.667. The van der Waals surface area contributed by atoms with Crippen LogP contribution in [-0.2, 0) is 4.79 Å². The van der Waals surface area contributed by atoms with Crippen LogP contribution in [0, 0.1) is 10.1 Å². The summed E-state index contributed by atoms with van der Waals surface area (Å²) in [5.74, 6) is -0.102. The van der Waals surface area contributed by atoms with Crippen LogP contribution >= 0.6 is 0 Å².